The van der Waals surface area contributed by atoms with Gasteiger partial charge in [-0.25, -0.2) is 4.98 Å². The first kappa shape index (κ1) is 9.83. The molecule has 6 heteroatoms. The highest BCUT2D eigenvalue weighted by atomic mass is 16.3. The summed E-state index contributed by atoms with van der Waals surface area (Å²) in [4.78, 5) is 4.23. The quantitative estimate of drug-likeness (QED) is 0.731. The normalized spacial score (nSPS) is 10.8. The fraction of sp³-hybridized carbons (Fsp3) is 0.182. The third-order valence-electron chi connectivity index (χ3n) is 2.46. The van der Waals surface area contributed by atoms with E-state index < -0.39 is 0 Å². The second kappa shape index (κ2) is 4.25. The fourth-order valence-electron chi connectivity index (χ4n) is 1.64. The topological polar surface area (TPSA) is 68.2 Å². The minimum absolute atomic E-state index is 0.729. The fourth-order valence-corrected chi connectivity index (χ4v) is 1.64. The molecule has 0 saturated heterocycles. The number of nitrogens with zero attached hydrogens (tertiary/aromatic N) is 4. The Morgan fingerprint density at radius 1 is 1.41 bits per heavy atom. The van der Waals surface area contributed by atoms with E-state index in [1.54, 1.807) is 18.8 Å². The second-order valence-electron chi connectivity index (χ2n) is 3.59. The number of furan rings is 1. The zero-order chi connectivity index (χ0) is 11.5. The van der Waals surface area contributed by atoms with Crippen LogP contribution in [0.5, 0.6) is 0 Å². The minimum atomic E-state index is 0.729. The third kappa shape index (κ3) is 1.96. The summed E-state index contributed by atoms with van der Waals surface area (Å²) < 4.78 is 7.07. The van der Waals surface area contributed by atoms with Crippen LogP contribution in [0.3, 0.4) is 0 Å². The number of rotatable bonds is 4. The maximum Gasteiger partial charge on any atom is 0.203 e. The molecule has 0 aliphatic carbocycles. The highest BCUT2D eigenvalue weighted by Gasteiger charge is 2.04. The molecule has 0 aliphatic rings. The van der Waals surface area contributed by atoms with Crippen LogP contribution in [-0.4, -0.2) is 26.1 Å². The first-order chi connectivity index (χ1) is 8.43. The van der Waals surface area contributed by atoms with Crippen molar-refractivity contribution in [3.05, 3.63) is 42.9 Å². The Kier molecular flexibility index (Phi) is 2.45. The molecule has 0 bridgehead atoms. The van der Waals surface area contributed by atoms with Crippen LogP contribution in [0, 0.1) is 0 Å². The summed E-state index contributed by atoms with van der Waals surface area (Å²) in [6.45, 7) is 0.743. The molecular formula is C11H11N5O. The predicted octanol–water partition coefficient (Wildman–Crippen LogP) is 1.37. The first-order valence-electron chi connectivity index (χ1n) is 5.34. The lowest BCUT2D eigenvalue weighted by molar-refractivity contribution is 0.513. The third-order valence-corrected chi connectivity index (χ3v) is 2.46. The number of hydrogen-bond acceptors (Lipinski definition) is 5. The van der Waals surface area contributed by atoms with Crippen LogP contribution in [0.25, 0.3) is 5.65 Å². The molecule has 1 N–H and O–H groups in total. The van der Waals surface area contributed by atoms with Crippen LogP contribution in [0.15, 0.2) is 41.5 Å². The SMILES string of the molecule is c1coc(CCNc2nccn3cnnc23)c1. The van der Waals surface area contributed by atoms with Gasteiger partial charge in [0.25, 0.3) is 0 Å². The van der Waals surface area contributed by atoms with E-state index in [0.29, 0.717) is 0 Å². The molecule has 0 aliphatic heterocycles. The molecule has 86 valence electrons. The predicted molar refractivity (Wildman–Crippen MR) is 61.7 cm³/mol. The summed E-state index contributed by atoms with van der Waals surface area (Å²) in [5, 5.41) is 11.1. The number of anilines is 1. The standard InChI is InChI=1S/C11H11N5O/c1-2-9(17-7-1)3-4-12-10-11-15-14-8-16(11)6-5-13-10/h1-2,5-8H,3-4H2,(H,12,13). The number of nitrogens with one attached hydrogen (secondary N) is 1. The Labute approximate surface area is 97.3 Å². The van der Waals surface area contributed by atoms with Crippen molar-refractivity contribution in [3.63, 3.8) is 0 Å². The van der Waals surface area contributed by atoms with Gasteiger partial charge < -0.3 is 9.73 Å². The van der Waals surface area contributed by atoms with Gasteiger partial charge in [-0.1, -0.05) is 0 Å². The van der Waals surface area contributed by atoms with E-state index in [0.717, 1.165) is 30.2 Å². The van der Waals surface area contributed by atoms with Crippen molar-refractivity contribution < 1.29 is 4.42 Å². The summed E-state index contributed by atoms with van der Waals surface area (Å²) in [7, 11) is 0. The van der Waals surface area contributed by atoms with Gasteiger partial charge >= 0.3 is 0 Å². The Balaban J connectivity index is 1.70. The van der Waals surface area contributed by atoms with E-state index in [1.165, 1.54) is 0 Å². The lowest BCUT2D eigenvalue weighted by atomic mass is 10.3. The molecule has 3 aromatic rings. The average molecular weight is 229 g/mol. The van der Waals surface area contributed by atoms with Crippen molar-refractivity contribution in [2.24, 2.45) is 0 Å². The summed E-state index contributed by atoms with van der Waals surface area (Å²) in [6, 6.07) is 3.83. The molecule has 3 rings (SSSR count). The summed E-state index contributed by atoms with van der Waals surface area (Å²) in [5.74, 6) is 1.68. The Morgan fingerprint density at radius 3 is 3.29 bits per heavy atom. The molecule has 3 aromatic heterocycles. The van der Waals surface area contributed by atoms with E-state index >= 15 is 0 Å². The highest BCUT2D eigenvalue weighted by Crippen LogP contribution is 2.09. The van der Waals surface area contributed by atoms with E-state index in [2.05, 4.69) is 20.5 Å². The van der Waals surface area contributed by atoms with Crippen LogP contribution in [0.2, 0.25) is 0 Å². The molecular weight excluding hydrogens is 218 g/mol. The molecule has 3 heterocycles. The van der Waals surface area contributed by atoms with Crippen molar-refractivity contribution in [1.82, 2.24) is 19.6 Å². The van der Waals surface area contributed by atoms with E-state index in [4.69, 9.17) is 4.42 Å². The van der Waals surface area contributed by atoms with Gasteiger partial charge in [-0.3, -0.25) is 4.40 Å². The van der Waals surface area contributed by atoms with E-state index in [1.807, 2.05) is 22.7 Å². The lowest BCUT2D eigenvalue weighted by Gasteiger charge is -2.04. The van der Waals surface area contributed by atoms with Gasteiger partial charge in [-0.05, 0) is 12.1 Å². The summed E-state index contributed by atoms with van der Waals surface area (Å²) in [5.41, 5.74) is 0.729. The zero-order valence-corrected chi connectivity index (χ0v) is 9.08. The molecule has 6 nitrogen and oxygen atoms in total. The smallest absolute Gasteiger partial charge is 0.203 e. The number of fused-ring (bicyclic) bond motifs is 1. The van der Waals surface area contributed by atoms with Gasteiger partial charge in [0.15, 0.2) is 5.82 Å². The van der Waals surface area contributed by atoms with Crippen LogP contribution in [-0.2, 0) is 6.42 Å². The molecule has 0 spiro atoms. The molecule has 0 aromatic carbocycles. The van der Waals surface area contributed by atoms with Crippen molar-refractivity contribution in [2.75, 3.05) is 11.9 Å². The minimum Gasteiger partial charge on any atom is -0.469 e. The number of aromatic nitrogens is 4. The van der Waals surface area contributed by atoms with E-state index in [-0.39, 0.29) is 0 Å². The Hall–Kier alpha value is -2.37. The second-order valence-corrected chi connectivity index (χ2v) is 3.59. The van der Waals surface area contributed by atoms with Gasteiger partial charge in [-0.15, -0.1) is 10.2 Å². The largest absolute Gasteiger partial charge is 0.469 e. The van der Waals surface area contributed by atoms with Crippen molar-refractivity contribution in [3.8, 4) is 0 Å². The van der Waals surface area contributed by atoms with Crippen molar-refractivity contribution in [1.29, 1.82) is 0 Å². The first-order valence-corrected chi connectivity index (χ1v) is 5.34. The zero-order valence-electron chi connectivity index (χ0n) is 9.08. The van der Waals surface area contributed by atoms with Crippen LogP contribution in [0.1, 0.15) is 5.76 Å². The van der Waals surface area contributed by atoms with Crippen LogP contribution >= 0.6 is 0 Å². The summed E-state index contributed by atoms with van der Waals surface area (Å²) >= 11 is 0. The lowest BCUT2D eigenvalue weighted by Crippen LogP contribution is -2.07. The van der Waals surface area contributed by atoms with Gasteiger partial charge in [-0.2, -0.15) is 0 Å². The molecule has 0 fully saturated rings. The average Bonchev–Trinajstić information content (AvgIpc) is 2.99. The molecule has 0 saturated carbocycles. The van der Waals surface area contributed by atoms with Gasteiger partial charge in [0.05, 0.1) is 6.26 Å². The molecule has 0 atom stereocenters. The van der Waals surface area contributed by atoms with Gasteiger partial charge in [0.1, 0.15) is 12.1 Å². The highest BCUT2D eigenvalue weighted by molar-refractivity contribution is 5.61. The molecule has 0 amide bonds. The molecule has 17 heavy (non-hydrogen) atoms. The molecule has 0 unspecified atom stereocenters. The van der Waals surface area contributed by atoms with Crippen molar-refractivity contribution >= 4 is 11.5 Å². The van der Waals surface area contributed by atoms with Crippen molar-refractivity contribution in [2.45, 2.75) is 6.42 Å². The maximum atomic E-state index is 5.25. The Bertz CT molecular complexity index is 601. The Morgan fingerprint density at radius 2 is 2.41 bits per heavy atom. The van der Waals surface area contributed by atoms with Gasteiger partial charge in [0, 0.05) is 25.4 Å². The van der Waals surface area contributed by atoms with E-state index in [9.17, 15) is 0 Å². The van der Waals surface area contributed by atoms with Crippen LogP contribution in [0.4, 0.5) is 5.82 Å². The number of hydrogen-bond donors (Lipinski definition) is 1. The maximum absolute atomic E-state index is 5.25. The summed E-state index contributed by atoms with van der Waals surface area (Å²) in [6.07, 6.45) is 7.66. The van der Waals surface area contributed by atoms with Gasteiger partial charge in [0.2, 0.25) is 5.65 Å². The molecule has 0 radical (unpaired) electrons. The monoisotopic (exact) mass is 229 g/mol. The van der Waals surface area contributed by atoms with Crippen LogP contribution < -0.4 is 5.32 Å².